The van der Waals surface area contributed by atoms with Crippen LogP contribution in [0.5, 0.6) is 0 Å². The zero-order valence-corrected chi connectivity index (χ0v) is 9.78. The number of hydrogen-bond acceptors (Lipinski definition) is 4. The van der Waals surface area contributed by atoms with Gasteiger partial charge in [-0.15, -0.1) is 0 Å². The number of nitrogens with two attached hydrogens (primary N) is 1. The molecule has 1 heterocycles. The summed E-state index contributed by atoms with van der Waals surface area (Å²) in [4.78, 5) is 8.86. The monoisotopic (exact) mass is 221 g/mol. The van der Waals surface area contributed by atoms with Gasteiger partial charge in [0.05, 0.1) is 0 Å². The molecule has 0 saturated heterocycles. The minimum atomic E-state index is -0.235. The summed E-state index contributed by atoms with van der Waals surface area (Å²) >= 11 is 0. The molecular weight excluding hydrogens is 202 g/mol. The molecule has 4 nitrogen and oxygen atoms in total. The molecule has 0 spiro atoms. The normalized spacial score (nSPS) is 18.9. The molecule has 1 saturated carbocycles. The molecule has 1 aromatic heterocycles. The fourth-order valence-electron chi connectivity index (χ4n) is 2.35. The molecular formula is C12H19N3O. The van der Waals surface area contributed by atoms with Crippen LogP contribution in [0.3, 0.4) is 0 Å². The summed E-state index contributed by atoms with van der Waals surface area (Å²) in [5.41, 5.74) is 6.35. The van der Waals surface area contributed by atoms with Gasteiger partial charge in [-0.25, -0.2) is 9.97 Å². The zero-order chi connectivity index (χ0) is 11.4. The fraction of sp³-hybridized carbons (Fsp3) is 0.667. The van der Waals surface area contributed by atoms with Crippen molar-refractivity contribution in [2.24, 2.45) is 5.73 Å². The Hall–Kier alpha value is -1.00. The van der Waals surface area contributed by atoms with Gasteiger partial charge in [-0.3, -0.25) is 0 Å². The molecule has 1 fully saturated rings. The number of methoxy groups -OCH3 is 1. The third-order valence-electron chi connectivity index (χ3n) is 3.35. The van der Waals surface area contributed by atoms with E-state index in [0.29, 0.717) is 6.54 Å². The van der Waals surface area contributed by atoms with E-state index in [1.54, 1.807) is 7.11 Å². The molecule has 4 heteroatoms. The molecule has 0 unspecified atom stereocenters. The molecule has 0 radical (unpaired) electrons. The molecule has 0 aliphatic heterocycles. The maximum absolute atomic E-state index is 5.63. The topological polar surface area (TPSA) is 61.0 Å². The van der Waals surface area contributed by atoms with Crippen LogP contribution in [0.15, 0.2) is 12.4 Å². The second kappa shape index (κ2) is 4.89. The first kappa shape index (κ1) is 11.5. The Kier molecular flexibility index (Phi) is 3.51. The van der Waals surface area contributed by atoms with Crippen LogP contribution < -0.4 is 5.73 Å². The van der Waals surface area contributed by atoms with Crippen molar-refractivity contribution < 1.29 is 4.74 Å². The molecule has 0 bridgehead atoms. The Bertz CT molecular complexity index is 331. The van der Waals surface area contributed by atoms with E-state index < -0.39 is 0 Å². The van der Waals surface area contributed by atoms with Gasteiger partial charge in [0.2, 0.25) is 0 Å². The highest BCUT2D eigenvalue weighted by Gasteiger charge is 2.38. The second-order valence-corrected chi connectivity index (χ2v) is 4.36. The van der Waals surface area contributed by atoms with Crippen LogP contribution >= 0.6 is 0 Å². The van der Waals surface area contributed by atoms with E-state index in [1.807, 2.05) is 12.4 Å². The van der Waals surface area contributed by atoms with E-state index in [1.165, 1.54) is 12.8 Å². The van der Waals surface area contributed by atoms with Crippen LogP contribution in [-0.4, -0.2) is 23.6 Å². The van der Waals surface area contributed by atoms with Gasteiger partial charge in [0.1, 0.15) is 5.60 Å². The van der Waals surface area contributed by atoms with Crippen LogP contribution in [0.4, 0.5) is 0 Å². The van der Waals surface area contributed by atoms with Crippen LogP contribution in [0.2, 0.25) is 0 Å². The lowest BCUT2D eigenvalue weighted by Gasteiger charge is -2.25. The highest BCUT2D eigenvalue weighted by molar-refractivity contribution is 5.11. The maximum Gasteiger partial charge on any atom is 0.160 e. The van der Waals surface area contributed by atoms with E-state index in [0.717, 1.165) is 30.7 Å². The van der Waals surface area contributed by atoms with E-state index >= 15 is 0 Å². The van der Waals surface area contributed by atoms with Gasteiger partial charge in [-0.1, -0.05) is 0 Å². The average molecular weight is 221 g/mol. The van der Waals surface area contributed by atoms with Crippen molar-refractivity contribution in [3.8, 4) is 0 Å². The third kappa shape index (κ3) is 2.08. The molecule has 0 aromatic carbocycles. The molecule has 2 N–H and O–H groups in total. The van der Waals surface area contributed by atoms with Crippen LogP contribution in [0.25, 0.3) is 0 Å². The van der Waals surface area contributed by atoms with Gasteiger partial charge in [0, 0.05) is 19.5 Å². The Morgan fingerprint density at radius 3 is 2.44 bits per heavy atom. The quantitative estimate of drug-likeness (QED) is 0.834. The highest BCUT2D eigenvalue weighted by Crippen LogP contribution is 2.39. The van der Waals surface area contributed by atoms with Crippen molar-refractivity contribution in [1.82, 2.24) is 9.97 Å². The number of hydrogen-bond donors (Lipinski definition) is 1. The summed E-state index contributed by atoms with van der Waals surface area (Å²) in [5.74, 6) is 0.827. The first-order chi connectivity index (χ1) is 7.80. The molecule has 88 valence electrons. The van der Waals surface area contributed by atoms with Crippen LogP contribution in [0, 0.1) is 0 Å². The lowest BCUT2D eigenvalue weighted by molar-refractivity contribution is -0.0163. The smallest absolute Gasteiger partial charge is 0.160 e. The van der Waals surface area contributed by atoms with Gasteiger partial charge >= 0.3 is 0 Å². The Morgan fingerprint density at radius 2 is 1.94 bits per heavy atom. The first-order valence-corrected chi connectivity index (χ1v) is 5.87. The number of ether oxygens (including phenoxy) is 1. The maximum atomic E-state index is 5.63. The first-order valence-electron chi connectivity index (χ1n) is 5.87. The second-order valence-electron chi connectivity index (χ2n) is 4.36. The van der Waals surface area contributed by atoms with E-state index in [9.17, 15) is 0 Å². The number of rotatable bonds is 4. The third-order valence-corrected chi connectivity index (χ3v) is 3.35. The summed E-state index contributed by atoms with van der Waals surface area (Å²) in [6.07, 6.45) is 9.02. The molecule has 1 aliphatic rings. The van der Waals surface area contributed by atoms with Gasteiger partial charge in [-0.2, -0.15) is 0 Å². The average Bonchev–Trinajstić information content (AvgIpc) is 2.80. The van der Waals surface area contributed by atoms with E-state index in [-0.39, 0.29) is 5.60 Å². The molecule has 0 atom stereocenters. The largest absolute Gasteiger partial charge is 0.370 e. The Morgan fingerprint density at radius 1 is 1.31 bits per heavy atom. The Balaban J connectivity index is 2.19. The molecule has 16 heavy (non-hydrogen) atoms. The summed E-state index contributed by atoms with van der Waals surface area (Å²) in [6.45, 7) is 0.637. The van der Waals surface area contributed by atoms with Crippen molar-refractivity contribution >= 4 is 0 Å². The standard InChI is InChI=1S/C12H19N3O/c1-16-12(5-2-3-6-12)11-14-8-10(4-7-13)9-15-11/h8-9H,2-7,13H2,1H3. The predicted molar refractivity (Wildman–Crippen MR) is 61.9 cm³/mol. The molecule has 1 aromatic rings. The molecule has 1 aliphatic carbocycles. The van der Waals surface area contributed by atoms with E-state index in [4.69, 9.17) is 10.5 Å². The molecule has 0 amide bonds. The summed E-state index contributed by atoms with van der Waals surface area (Å²) in [6, 6.07) is 0. The lowest BCUT2D eigenvalue weighted by Crippen LogP contribution is -2.27. The summed E-state index contributed by atoms with van der Waals surface area (Å²) < 4.78 is 5.63. The van der Waals surface area contributed by atoms with Crippen molar-refractivity contribution in [2.45, 2.75) is 37.7 Å². The van der Waals surface area contributed by atoms with Crippen molar-refractivity contribution in [3.63, 3.8) is 0 Å². The van der Waals surface area contributed by atoms with Crippen molar-refractivity contribution in [2.75, 3.05) is 13.7 Å². The number of aromatic nitrogens is 2. The Labute approximate surface area is 96.2 Å². The summed E-state index contributed by atoms with van der Waals surface area (Å²) in [7, 11) is 1.75. The number of nitrogens with zero attached hydrogens (tertiary/aromatic N) is 2. The lowest BCUT2D eigenvalue weighted by atomic mass is 10.0. The zero-order valence-electron chi connectivity index (χ0n) is 9.78. The summed E-state index contributed by atoms with van der Waals surface area (Å²) in [5, 5.41) is 0. The SMILES string of the molecule is COC1(c2ncc(CCN)cn2)CCCC1. The van der Waals surface area contributed by atoms with Gasteiger partial charge in [0.25, 0.3) is 0 Å². The van der Waals surface area contributed by atoms with Gasteiger partial charge in [0.15, 0.2) is 5.82 Å². The molecule has 2 rings (SSSR count). The van der Waals surface area contributed by atoms with Crippen molar-refractivity contribution in [1.29, 1.82) is 0 Å². The van der Waals surface area contributed by atoms with E-state index in [2.05, 4.69) is 9.97 Å². The van der Waals surface area contributed by atoms with Gasteiger partial charge < -0.3 is 10.5 Å². The minimum absolute atomic E-state index is 0.235. The fourth-order valence-corrected chi connectivity index (χ4v) is 2.35. The van der Waals surface area contributed by atoms with Crippen molar-refractivity contribution in [3.05, 3.63) is 23.8 Å². The predicted octanol–water partition coefficient (Wildman–Crippen LogP) is 1.39. The van der Waals surface area contributed by atoms with Crippen LogP contribution in [-0.2, 0) is 16.8 Å². The van der Waals surface area contributed by atoms with Crippen LogP contribution in [0.1, 0.15) is 37.1 Å². The van der Waals surface area contributed by atoms with Gasteiger partial charge in [-0.05, 0) is 44.2 Å². The highest BCUT2D eigenvalue weighted by atomic mass is 16.5. The minimum Gasteiger partial charge on any atom is -0.370 e.